The van der Waals surface area contributed by atoms with Gasteiger partial charge in [0.2, 0.25) is 0 Å². The lowest BCUT2D eigenvalue weighted by Gasteiger charge is -2.01. The van der Waals surface area contributed by atoms with E-state index in [1.807, 2.05) is 20.0 Å². The number of ketones is 1. The van der Waals surface area contributed by atoms with Gasteiger partial charge in [0.25, 0.3) is 0 Å². The predicted octanol–water partition coefficient (Wildman–Crippen LogP) is 1.09. The van der Waals surface area contributed by atoms with Crippen molar-refractivity contribution in [3.8, 4) is 0 Å². The Bertz CT molecular complexity index is 467. The van der Waals surface area contributed by atoms with Crippen molar-refractivity contribution < 1.29 is 14.3 Å². The summed E-state index contributed by atoms with van der Waals surface area (Å²) in [5.74, 6) is -0.515. The largest absolute Gasteiger partial charge is 0.469 e. The van der Waals surface area contributed by atoms with E-state index in [9.17, 15) is 9.59 Å². The standard InChI is InChI=1S/C12H17N3O3/c1-7(2)15-6-10(13-14-15)8-4-9(8)11(16)5-12(17)18-3/h6-9H,4-5H2,1-3H3/t8?,9-/m1/s1. The molecule has 0 amide bonds. The molecule has 1 fully saturated rings. The summed E-state index contributed by atoms with van der Waals surface area (Å²) >= 11 is 0. The Morgan fingerprint density at radius 1 is 1.56 bits per heavy atom. The molecule has 6 heteroatoms. The molecule has 2 rings (SSSR count). The second-order valence-electron chi connectivity index (χ2n) is 4.89. The SMILES string of the molecule is COC(=O)CC(=O)[C@@H]1CC1c1cn(C(C)C)nn1. The second kappa shape index (κ2) is 4.88. The van der Waals surface area contributed by atoms with Crippen LogP contribution in [-0.2, 0) is 14.3 Å². The third-order valence-electron chi connectivity index (χ3n) is 3.19. The molecule has 1 aromatic heterocycles. The van der Waals surface area contributed by atoms with E-state index in [0.717, 1.165) is 12.1 Å². The molecule has 0 saturated heterocycles. The van der Waals surface area contributed by atoms with Crippen LogP contribution in [0.2, 0.25) is 0 Å². The lowest BCUT2D eigenvalue weighted by Crippen LogP contribution is -2.11. The van der Waals surface area contributed by atoms with Crippen LogP contribution in [-0.4, -0.2) is 33.9 Å². The summed E-state index contributed by atoms with van der Waals surface area (Å²) in [6.45, 7) is 4.04. The van der Waals surface area contributed by atoms with Gasteiger partial charge in [0, 0.05) is 24.1 Å². The van der Waals surface area contributed by atoms with Crippen molar-refractivity contribution >= 4 is 11.8 Å². The Balaban J connectivity index is 1.94. The van der Waals surface area contributed by atoms with Crippen LogP contribution in [0.3, 0.4) is 0 Å². The lowest BCUT2D eigenvalue weighted by molar-refractivity contribution is -0.143. The molecule has 98 valence electrons. The Hall–Kier alpha value is -1.72. The first-order chi connectivity index (χ1) is 8.52. The number of hydrogen-bond donors (Lipinski definition) is 0. The summed E-state index contributed by atoms with van der Waals surface area (Å²) in [4.78, 5) is 22.8. The number of aromatic nitrogens is 3. The van der Waals surface area contributed by atoms with Gasteiger partial charge in [-0.1, -0.05) is 5.21 Å². The number of rotatable bonds is 5. The van der Waals surface area contributed by atoms with E-state index in [1.165, 1.54) is 7.11 Å². The molecule has 1 aliphatic rings. The molecule has 0 bridgehead atoms. The predicted molar refractivity (Wildman–Crippen MR) is 62.9 cm³/mol. The highest BCUT2D eigenvalue weighted by Crippen LogP contribution is 2.47. The molecule has 18 heavy (non-hydrogen) atoms. The Kier molecular flexibility index (Phi) is 3.45. The van der Waals surface area contributed by atoms with Gasteiger partial charge in [0.15, 0.2) is 0 Å². The van der Waals surface area contributed by atoms with Crippen LogP contribution in [0.25, 0.3) is 0 Å². The van der Waals surface area contributed by atoms with Gasteiger partial charge in [-0.2, -0.15) is 0 Å². The van der Waals surface area contributed by atoms with Crippen LogP contribution in [0.1, 0.15) is 44.3 Å². The van der Waals surface area contributed by atoms with Gasteiger partial charge in [-0.05, 0) is 20.3 Å². The molecule has 0 aromatic carbocycles. The van der Waals surface area contributed by atoms with Crippen LogP contribution in [0.5, 0.6) is 0 Å². The van der Waals surface area contributed by atoms with E-state index in [2.05, 4.69) is 15.0 Å². The van der Waals surface area contributed by atoms with E-state index < -0.39 is 5.97 Å². The number of nitrogens with zero attached hydrogens (tertiary/aromatic N) is 3. The highest BCUT2D eigenvalue weighted by molar-refractivity contribution is 5.98. The maximum atomic E-state index is 11.7. The third kappa shape index (κ3) is 2.57. The van der Waals surface area contributed by atoms with E-state index in [4.69, 9.17) is 0 Å². The minimum absolute atomic E-state index is 0.0639. The molecule has 1 aromatic rings. The molecule has 2 atom stereocenters. The zero-order chi connectivity index (χ0) is 13.3. The molecular formula is C12H17N3O3. The monoisotopic (exact) mass is 251 g/mol. The zero-order valence-corrected chi connectivity index (χ0v) is 10.8. The Morgan fingerprint density at radius 2 is 2.28 bits per heavy atom. The second-order valence-corrected chi connectivity index (χ2v) is 4.89. The first kappa shape index (κ1) is 12.7. The van der Waals surface area contributed by atoms with E-state index in [0.29, 0.717) is 0 Å². The highest BCUT2D eigenvalue weighted by Gasteiger charge is 2.45. The summed E-state index contributed by atoms with van der Waals surface area (Å²) in [5, 5.41) is 8.09. The molecule has 6 nitrogen and oxygen atoms in total. The topological polar surface area (TPSA) is 74.1 Å². The van der Waals surface area contributed by atoms with Crippen molar-refractivity contribution in [2.45, 2.75) is 38.6 Å². The minimum Gasteiger partial charge on any atom is -0.469 e. The van der Waals surface area contributed by atoms with E-state index in [-0.39, 0.29) is 30.1 Å². The van der Waals surface area contributed by atoms with Gasteiger partial charge in [-0.25, -0.2) is 4.68 Å². The highest BCUT2D eigenvalue weighted by atomic mass is 16.5. The van der Waals surface area contributed by atoms with Crippen LogP contribution in [0, 0.1) is 5.92 Å². The molecule has 0 spiro atoms. The molecular weight excluding hydrogens is 234 g/mol. The van der Waals surface area contributed by atoms with Crippen molar-refractivity contribution in [1.29, 1.82) is 0 Å². The number of methoxy groups -OCH3 is 1. The number of Topliss-reactive ketones (excluding diaryl/α,β-unsaturated/α-hetero) is 1. The minimum atomic E-state index is -0.475. The normalized spacial score (nSPS) is 22.0. The molecule has 0 radical (unpaired) electrons. The summed E-state index contributed by atoms with van der Waals surface area (Å²) in [6.07, 6.45) is 2.49. The van der Waals surface area contributed by atoms with E-state index in [1.54, 1.807) is 4.68 Å². The maximum Gasteiger partial charge on any atom is 0.313 e. The fourth-order valence-electron chi connectivity index (χ4n) is 1.94. The smallest absolute Gasteiger partial charge is 0.313 e. The number of esters is 1. The number of hydrogen-bond acceptors (Lipinski definition) is 5. The molecule has 1 aliphatic carbocycles. The van der Waals surface area contributed by atoms with Crippen molar-refractivity contribution in [2.24, 2.45) is 5.92 Å². The fraction of sp³-hybridized carbons (Fsp3) is 0.667. The number of carbonyl (C=O) groups excluding carboxylic acids is 2. The van der Waals surface area contributed by atoms with Gasteiger partial charge in [-0.3, -0.25) is 9.59 Å². The first-order valence-corrected chi connectivity index (χ1v) is 6.04. The molecule has 1 unspecified atom stereocenters. The van der Waals surface area contributed by atoms with Gasteiger partial charge in [0.1, 0.15) is 12.2 Å². The van der Waals surface area contributed by atoms with Crippen molar-refractivity contribution in [3.05, 3.63) is 11.9 Å². The zero-order valence-electron chi connectivity index (χ0n) is 10.8. The average molecular weight is 251 g/mol. The molecule has 1 heterocycles. The maximum absolute atomic E-state index is 11.7. The van der Waals surface area contributed by atoms with Crippen LogP contribution >= 0.6 is 0 Å². The first-order valence-electron chi connectivity index (χ1n) is 6.04. The molecule has 0 aliphatic heterocycles. The van der Waals surface area contributed by atoms with E-state index >= 15 is 0 Å². The number of ether oxygens (including phenoxy) is 1. The van der Waals surface area contributed by atoms with Crippen LogP contribution < -0.4 is 0 Å². The van der Waals surface area contributed by atoms with Gasteiger partial charge >= 0.3 is 5.97 Å². The van der Waals surface area contributed by atoms with Crippen LogP contribution in [0.4, 0.5) is 0 Å². The van der Waals surface area contributed by atoms with Gasteiger partial charge < -0.3 is 4.74 Å². The van der Waals surface area contributed by atoms with Crippen molar-refractivity contribution in [3.63, 3.8) is 0 Å². The number of carbonyl (C=O) groups is 2. The fourth-order valence-corrected chi connectivity index (χ4v) is 1.94. The summed E-state index contributed by atoms with van der Waals surface area (Å²) in [6, 6.07) is 0.259. The van der Waals surface area contributed by atoms with Gasteiger partial charge in [0.05, 0.1) is 12.8 Å². The van der Waals surface area contributed by atoms with Crippen molar-refractivity contribution in [1.82, 2.24) is 15.0 Å². The van der Waals surface area contributed by atoms with Crippen LogP contribution in [0.15, 0.2) is 6.20 Å². The van der Waals surface area contributed by atoms with Gasteiger partial charge in [-0.15, -0.1) is 5.10 Å². The summed E-state index contributed by atoms with van der Waals surface area (Å²) in [5.41, 5.74) is 0.840. The summed E-state index contributed by atoms with van der Waals surface area (Å²) < 4.78 is 6.26. The molecule has 0 N–H and O–H groups in total. The quantitative estimate of drug-likeness (QED) is 0.578. The average Bonchev–Trinajstić information content (AvgIpc) is 2.98. The Morgan fingerprint density at radius 3 is 2.83 bits per heavy atom. The molecule has 1 saturated carbocycles. The third-order valence-corrected chi connectivity index (χ3v) is 3.19. The van der Waals surface area contributed by atoms with Crippen molar-refractivity contribution in [2.75, 3.05) is 7.11 Å². The lowest BCUT2D eigenvalue weighted by atomic mass is 10.1. The Labute approximate surface area is 105 Å². The summed E-state index contributed by atoms with van der Waals surface area (Å²) in [7, 11) is 1.29.